The molecule has 100 valence electrons. The third kappa shape index (κ3) is 2.66. The van der Waals surface area contributed by atoms with Gasteiger partial charge in [0.2, 0.25) is 5.00 Å². The van der Waals surface area contributed by atoms with E-state index in [1.807, 2.05) is 0 Å². The molecule has 0 atom stereocenters. The normalized spacial score (nSPS) is 26.3. The van der Waals surface area contributed by atoms with Gasteiger partial charge in [0.1, 0.15) is 0 Å². The first-order chi connectivity index (χ1) is 8.83. The Balaban J connectivity index is 2.23. The number of carbonyl (C=O) groups is 1. The second kappa shape index (κ2) is 4.74. The molecule has 0 saturated carbocycles. The lowest BCUT2D eigenvalue weighted by molar-refractivity contribution is 0.0963. The van der Waals surface area contributed by atoms with Gasteiger partial charge in [-0.2, -0.15) is 0 Å². The van der Waals surface area contributed by atoms with Gasteiger partial charge in [-0.1, -0.05) is 42.5 Å². The van der Waals surface area contributed by atoms with Crippen LogP contribution in [0.3, 0.4) is 0 Å². The summed E-state index contributed by atoms with van der Waals surface area (Å²) in [6, 6.07) is 8.59. The standard InChI is InChI=1S/C14H13FO3S/c1-19(17,18)14(15)9-7-12(8-10-14)13(16)11-5-3-2-4-6-11/h2-10,12H,1H3. The molecular weight excluding hydrogens is 267 g/mol. The predicted octanol–water partition coefficient (Wildman–Crippen LogP) is 2.32. The van der Waals surface area contributed by atoms with Crippen molar-refractivity contribution >= 4 is 15.6 Å². The second-order valence-corrected chi connectivity index (χ2v) is 6.61. The summed E-state index contributed by atoms with van der Waals surface area (Å²) in [5.41, 5.74) is 0.507. The first-order valence-corrected chi connectivity index (χ1v) is 7.59. The molecule has 1 aromatic rings. The number of allylic oxidation sites excluding steroid dienone is 2. The fourth-order valence-electron chi connectivity index (χ4n) is 1.81. The van der Waals surface area contributed by atoms with Crippen LogP contribution in [0.5, 0.6) is 0 Å². The van der Waals surface area contributed by atoms with Crippen LogP contribution >= 0.6 is 0 Å². The minimum absolute atomic E-state index is 0.191. The van der Waals surface area contributed by atoms with E-state index in [1.165, 1.54) is 12.2 Å². The number of hydrogen-bond acceptors (Lipinski definition) is 3. The maximum absolute atomic E-state index is 14.0. The Morgan fingerprint density at radius 1 is 1.16 bits per heavy atom. The molecule has 1 aliphatic carbocycles. The summed E-state index contributed by atoms with van der Waals surface area (Å²) >= 11 is 0. The van der Waals surface area contributed by atoms with Crippen molar-refractivity contribution in [1.29, 1.82) is 0 Å². The summed E-state index contributed by atoms with van der Waals surface area (Å²) in [5, 5.41) is -2.51. The maximum atomic E-state index is 14.0. The molecule has 0 bridgehead atoms. The summed E-state index contributed by atoms with van der Waals surface area (Å²) < 4.78 is 36.6. The number of sulfone groups is 1. The Hall–Kier alpha value is -1.75. The molecule has 0 unspecified atom stereocenters. The van der Waals surface area contributed by atoms with Crippen molar-refractivity contribution in [2.45, 2.75) is 5.00 Å². The molecular formula is C14H13FO3S. The highest BCUT2D eigenvalue weighted by atomic mass is 32.2. The summed E-state index contributed by atoms with van der Waals surface area (Å²) in [6.07, 6.45) is 5.25. The van der Waals surface area contributed by atoms with E-state index in [9.17, 15) is 17.6 Å². The van der Waals surface area contributed by atoms with E-state index in [0.29, 0.717) is 5.56 Å². The fraction of sp³-hybridized carbons (Fsp3) is 0.214. The van der Waals surface area contributed by atoms with Crippen molar-refractivity contribution in [2.75, 3.05) is 6.26 Å². The van der Waals surface area contributed by atoms with Crippen LogP contribution in [0.15, 0.2) is 54.6 Å². The molecule has 0 radical (unpaired) electrons. The Bertz CT molecular complexity index is 631. The van der Waals surface area contributed by atoms with Crippen LogP contribution in [0.2, 0.25) is 0 Å². The molecule has 0 N–H and O–H groups in total. The van der Waals surface area contributed by atoms with Crippen molar-refractivity contribution in [3.8, 4) is 0 Å². The van der Waals surface area contributed by atoms with E-state index in [0.717, 1.165) is 18.4 Å². The minimum Gasteiger partial charge on any atom is -0.293 e. The monoisotopic (exact) mass is 280 g/mol. The second-order valence-electron chi connectivity index (χ2n) is 4.44. The van der Waals surface area contributed by atoms with Gasteiger partial charge in [-0.05, 0) is 12.2 Å². The lowest BCUT2D eigenvalue weighted by Gasteiger charge is -2.20. The van der Waals surface area contributed by atoms with Gasteiger partial charge in [0.05, 0.1) is 5.92 Å². The van der Waals surface area contributed by atoms with Gasteiger partial charge in [0, 0.05) is 11.8 Å². The third-order valence-electron chi connectivity index (χ3n) is 2.99. The van der Waals surface area contributed by atoms with Crippen LogP contribution in [0, 0.1) is 5.92 Å². The molecule has 2 rings (SSSR count). The summed E-state index contributed by atoms with van der Waals surface area (Å²) in [7, 11) is -3.89. The number of rotatable bonds is 3. The van der Waals surface area contributed by atoms with Gasteiger partial charge in [0.15, 0.2) is 15.6 Å². The quantitative estimate of drug-likeness (QED) is 0.630. The molecule has 5 heteroatoms. The SMILES string of the molecule is CS(=O)(=O)C1(F)C=CC(C(=O)c2ccccc2)C=C1. The van der Waals surface area contributed by atoms with Crippen molar-refractivity contribution in [1.82, 2.24) is 0 Å². The number of Topliss-reactive ketones (excluding diaryl/α,β-unsaturated/α-hetero) is 1. The van der Waals surface area contributed by atoms with E-state index in [4.69, 9.17) is 0 Å². The first kappa shape index (κ1) is 13.7. The number of alkyl halides is 1. The van der Waals surface area contributed by atoms with Gasteiger partial charge in [-0.15, -0.1) is 0 Å². The van der Waals surface area contributed by atoms with E-state index in [2.05, 4.69) is 0 Å². The highest BCUT2D eigenvalue weighted by molar-refractivity contribution is 7.92. The van der Waals surface area contributed by atoms with Crippen molar-refractivity contribution in [3.63, 3.8) is 0 Å². The summed E-state index contributed by atoms with van der Waals surface area (Å²) in [5.74, 6) is -0.823. The molecule has 0 heterocycles. The van der Waals surface area contributed by atoms with Crippen LogP contribution in [-0.4, -0.2) is 25.5 Å². The predicted molar refractivity (Wildman–Crippen MR) is 71.2 cm³/mol. The van der Waals surface area contributed by atoms with Crippen molar-refractivity contribution in [2.24, 2.45) is 5.92 Å². The summed E-state index contributed by atoms with van der Waals surface area (Å²) in [6.45, 7) is 0. The fourth-order valence-corrected chi connectivity index (χ4v) is 2.46. The number of carbonyl (C=O) groups excluding carboxylic acids is 1. The Labute approximate surface area is 111 Å². The molecule has 0 spiro atoms. The van der Waals surface area contributed by atoms with E-state index in [1.54, 1.807) is 30.3 Å². The van der Waals surface area contributed by atoms with Crippen LogP contribution in [-0.2, 0) is 9.84 Å². The molecule has 1 aromatic carbocycles. The van der Waals surface area contributed by atoms with Crippen molar-refractivity contribution in [3.05, 3.63) is 60.2 Å². The minimum atomic E-state index is -3.89. The van der Waals surface area contributed by atoms with E-state index >= 15 is 0 Å². The lowest BCUT2D eigenvalue weighted by atomic mass is 9.93. The zero-order valence-electron chi connectivity index (χ0n) is 10.3. The molecule has 19 heavy (non-hydrogen) atoms. The molecule has 0 fully saturated rings. The molecule has 1 aliphatic rings. The van der Waals surface area contributed by atoms with Crippen LogP contribution in [0.1, 0.15) is 10.4 Å². The van der Waals surface area contributed by atoms with Crippen LogP contribution in [0.25, 0.3) is 0 Å². The average Bonchev–Trinajstić information content (AvgIpc) is 2.39. The molecule has 0 aromatic heterocycles. The molecule has 3 nitrogen and oxygen atoms in total. The smallest absolute Gasteiger partial charge is 0.246 e. The highest BCUT2D eigenvalue weighted by Gasteiger charge is 2.38. The van der Waals surface area contributed by atoms with Gasteiger partial charge >= 0.3 is 0 Å². The molecule has 0 saturated heterocycles. The first-order valence-electron chi connectivity index (χ1n) is 5.70. The molecule has 0 amide bonds. The Morgan fingerprint density at radius 2 is 1.68 bits per heavy atom. The van der Waals surface area contributed by atoms with Gasteiger partial charge < -0.3 is 0 Å². The largest absolute Gasteiger partial charge is 0.293 e. The zero-order chi connectivity index (χ0) is 14.1. The Kier molecular flexibility index (Phi) is 3.41. The summed E-state index contributed by atoms with van der Waals surface area (Å²) in [4.78, 5) is 12.1. The third-order valence-corrected chi connectivity index (χ3v) is 4.40. The van der Waals surface area contributed by atoms with Crippen LogP contribution < -0.4 is 0 Å². The Morgan fingerprint density at radius 3 is 2.16 bits per heavy atom. The van der Waals surface area contributed by atoms with Gasteiger partial charge in [0.25, 0.3) is 0 Å². The van der Waals surface area contributed by atoms with Crippen LogP contribution in [0.4, 0.5) is 4.39 Å². The van der Waals surface area contributed by atoms with Gasteiger partial charge in [-0.3, -0.25) is 4.79 Å². The van der Waals surface area contributed by atoms with Crippen molar-refractivity contribution < 1.29 is 17.6 Å². The number of ketones is 1. The number of benzene rings is 1. The maximum Gasteiger partial charge on any atom is 0.246 e. The topological polar surface area (TPSA) is 51.2 Å². The van der Waals surface area contributed by atoms with E-state index in [-0.39, 0.29) is 5.78 Å². The lowest BCUT2D eigenvalue weighted by Crippen LogP contribution is -2.31. The van der Waals surface area contributed by atoms with Gasteiger partial charge in [-0.25, -0.2) is 12.8 Å². The average molecular weight is 280 g/mol. The number of hydrogen-bond donors (Lipinski definition) is 0. The zero-order valence-corrected chi connectivity index (χ0v) is 11.1. The highest BCUT2D eigenvalue weighted by Crippen LogP contribution is 2.29. The molecule has 0 aliphatic heterocycles. The van der Waals surface area contributed by atoms with E-state index < -0.39 is 20.8 Å². The number of halogens is 1.